The number of hydrogen-bond acceptors (Lipinski definition) is 14. The van der Waals surface area contributed by atoms with Crippen molar-refractivity contribution in [2.45, 2.75) is 310 Å². The van der Waals surface area contributed by atoms with E-state index in [0.29, 0.717) is 88.1 Å². The molecular formula is C97H137N5O13. The van der Waals surface area contributed by atoms with Gasteiger partial charge >= 0.3 is 0 Å². The lowest BCUT2D eigenvalue weighted by molar-refractivity contribution is -0.134. The number of aryl methyl sites for hydroxylation is 1. The van der Waals surface area contributed by atoms with Crippen LogP contribution in [0.25, 0.3) is 27.2 Å². The number of carbonyl (C=O) groups excluding carboxylic acids is 12. The molecule has 5 unspecified atom stereocenters. The Labute approximate surface area is 687 Å². The largest absolute Gasteiger partial charge is 0.324 e. The Balaban J connectivity index is 0.000000670. The normalized spacial score (nSPS) is 18.4. The van der Waals surface area contributed by atoms with Gasteiger partial charge in [0.2, 0.25) is 5.91 Å². The SMILES string of the molecule is CC.CC.CC.CC.CC.CCC.CCC.CCC.CCC.CCC.Cn1nc(C2CCC(=O)CC2=O)c2ccccc21.O=C1CCC(C2=CCc3ccccc32)C(=O)C1.O=C1CCC(N2C(=O)Cc3ccccc32)C(=O)C1.O=C1CCC(N2Cc3ccccc3C2=O)C(=O)C1.O=C1CCC(n2ccc3ccccc3c2=O)C(=O)C1. The molecule has 0 saturated heterocycles. The average molecular weight is 1580 g/mol. The second-order valence-electron chi connectivity index (χ2n) is 27.6. The predicted octanol–water partition coefficient (Wildman–Crippen LogP) is 21.2. The molecule has 0 N–H and O–H groups in total. The third kappa shape index (κ3) is 30.7. The minimum atomic E-state index is -0.491. The fourth-order valence-corrected chi connectivity index (χ4v) is 13.6. The van der Waals surface area contributed by atoms with Crippen LogP contribution in [0.15, 0.2) is 144 Å². The highest BCUT2D eigenvalue weighted by molar-refractivity contribution is 6.13. The lowest BCUT2D eigenvalue weighted by Gasteiger charge is -2.29. The number of anilines is 1. The van der Waals surface area contributed by atoms with Gasteiger partial charge in [-0.25, -0.2) is 0 Å². The van der Waals surface area contributed by atoms with Gasteiger partial charge in [-0.1, -0.05) is 274 Å². The van der Waals surface area contributed by atoms with E-state index in [0.717, 1.165) is 50.8 Å². The molecule has 5 fully saturated rings. The number of nitrogens with zero attached hydrogens (tertiary/aromatic N) is 5. The van der Waals surface area contributed by atoms with E-state index in [1.54, 1.807) is 38.9 Å². The van der Waals surface area contributed by atoms with Crippen LogP contribution in [0.3, 0.4) is 0 Å². The molecule has 8 aliphatic rings. The van der Waals surface area contributed by atoms with Crippen LogP contribution < -0.4 is 10.5 Å². The second-order valence-corrected chi connectivity index (χ2v) is 27.6. The first kappa shape index (κ1) is 103. The maximum Gasteiger partial charge on any atom is 0.259 e. The van der Waals surface area contributed by atoms with Gasteiger partial charge in [-0.3, -0.25) is 67.0 Å². The molecule has 15 rings (SSSR count). The van der Waals surface area contributed by atoms with Crippen molar-refractivity contribution in [2.24, 2.45) is 13.0 Å². The second kappa shape index (κ2) is 57.2. The summed E-state index contributed by atoms with van der Waals surface area (Å²) in [5, 5.41) is 6.96. The molecule has 5 saturated carbocycles. The highest BCUT2D eigenvalue weighted by Crippen LogP contribution is 2.39. The molecule has 115 heavy (non-hydrogen) atoms. The maximum absolute atomic E-state index is 12.4. The van der Waals surface area contributed by atoms with Crippen LogP contribution in [0.4, 0.5) is 5.69 Å². The summed E-state index contributed by atoms with van der Waals surface area (Å²) >= 11 is 0. The fraction of sp³-hybridized carbons (Fsp3) is 0.505. The van der Waals surface area contributed by atoms with Crippen LogP contribution in [0, 0.1) is 5.92 Å². The summed E-state index contributed by atoms with van der Waals surface area (Å²) in [5.74, 6) is -0.592. The Kier molecular flexibility index (Phi) is 51.4. The molecule has 4 heterocycles. The van der Waals surface area contributed by atoms with Gasteiger partial charge in [0.1, 0.15) is 40.5 Å². The molecule has 2 aliphatic heterocycles. The van der Waals surface area contributed by atoms with E-state index in [1.807, 2.05) is 173 Å². The number of rotatable bonds is 5. The highest BCUT2D eigenvalue weighted by Gasteiger charge is 2.41. The van der Waals surface area contributed by atoms with Crippen LogP contribution in [-0.2, 0) is 79.2 Å². The topological polar surface area (TPSA) is 251 Å². The van der Waals surface area contributed by atoms with E-state index in [2.05, 4.69) is 92.5 Å². The molecule has 5 atom stereocenters. The predicted molar refractivity (Wildman–Crippen MR) is 470 cm³/mol. The summed E-state index contributed by atoms with van der Waals surface area (Å²) in [6.45, 7) is 41.7. The zero-order valence-corrected chi connectivity index (χ0v) is 73.5. The van der Waals surface area contributed by atoms with Gasteiger partial charge in [-0.15, -0.1) is 0 Å². The zero-order chi connectivity index (χ0) is 86.9. The van der Waals surface area contributed by atoms with E-state index in [9.17, 15) is 62.3 Å². The number of aromatic nitrogens is 3. The third-order valence-corrected chi connectivity index (χ3v) is 18.2. The lowest BCUT2D eigenvalue weighted by atomic mass is 9.80. The van der Waals surface area contributed by atoms with Crippen molar-refractivity contribution in [1.29, 1.82) is 0 Å². The number of para-hydroxylation sites is 2. The molecule has 0 bridgehead atoms. The van der Waals surface area contributed by atoms with Gasteiger partial charge in [0, 0.05) is 79.8 Å². The van der Waals surface area contributed by atoms with Crippen molar-refractivity contribution in [2.75, 3.05) is 4.90 Å². The molecule has 6 aliphatic carbocycles. The van der Waals surface area contributed by atoms with Gasteiger partial charge in [-0.2, -0.15) is 5.10 Å². The van der Waals surface area contributed by atoms with Crippen molar-refractivity contribution in [3.63, 3.8) is 0 Å². The van der Waals surface area contributed by atoms with Crippen LogP contribution in [0.5, 0.6) is 0 Å². The third-order valence-electron chi connectivity index (χ3n) is 18.2. The quantitative estimate of drug-likeness (QED) is 0.145. The summed E-state index contributed by atoms with van der Waals surface area (Å²) in [6.07, 6.45) is 16.3. The van der Waals surface area contributed by atoms with E-state index in [1.165, 1.54) is 47.8 Å². The number of benzene rings is 5. The van der Waals surface area contributed by atoms with E-state index in [-0.39, 0.29) is 119 Å². The minimum absolute atomic E-state index is 0.00935. The lowest BCUT2D eigenvalue weighted by Crippen LogP contribution is -2.46. The van der Waals surface area contributed by atoms with Crippen molar-refractivity contribution < 1.29 is 57.5 Å². The van der Waals surface area contributed by atoms with Gasteiger partial charge in [-0.05, 0) is 102 Å². The Morgan fingerprint density at radius 2 is 0.765 bits per heavy atom. The molecular weight excluding hydrogens is 1440 g/mol. The van der Waals surface area contributed by atoms with Gasteiger partial charge in [0.15, 0.2) is 17.3 Å². The molecule has 0 radical (unpaired) electrons. The monoisotopic (exact) mass is 1580 g/mol. The first-order chi connectivity index (χ1) is 55.5. The summed E-state index contributed by atoms with van der Waals surface area (Å²) in [5.41, 5.74) is 8.79. The summed E-state index contributed by atoms with van der Waals surface area (Å²) < 4.78 is 3.27. The number of carbonyl (C=O) groups is 12. The molecule has 628 valence electrons. The summed E-state index contributed by atoms with van der Waals surface area (Å²) in [7, 11) is 1.88. The van der Waals surface area contributed by atoms with Crippen LogP contribution in [0.2, 0.25) is 0 Å². The van der Waals surface area contributed by atoms with Crippen molar-refractivity contribution in [1.82, 2.24) is 19.2 Å². The Morgan fingerprint density at radius 1 is 0.374 bits per heavy atom. The van der Waals surface area contributed by atoms with Crippen molar-refractivity contribution >= 4 is 103 Å². The van der Waals surface area contributed by atoms with Crippen LogP contribution in [-0.4, -0.2) is 101 Å². The van der Waals surface area contributed by atoms with Gasteiger partial charge < -0.3 is 14.4 Å². The number of ketones is 10. The fourth-order valence-electron chi connectivity index (χ4n) is 13.6. The summed E-state index contributed by atoms with van der Waals surface area (Å²) in [6, 6.07) is 38.8. The summed E-state index contributed by atoms with van der Waals surface area (Å²) in [4.78, 5) is 156. The highest BCUT2D eigenvalue weighted by atomic mass is 16.2. The molecule has 5 aromatic carbocycles. The average Bonchev–Trinajstić information content (AvgIpc) is 1.71. The van der Waals surface area contributed by atoms with Crippen LogP contribution >= 0.6 is 0 Å². The molecule has 2 aromatic heterocycles. The molecule has 0 spiro atoms. The van der Waals surface area contributed by atoms with E-state index in [4.69, 9.17) is 0 Å². The zero-order valence-electron chi connectivity index (χ0n) is 73.5. The van der Waals surface area contributed by atoms with Gasteiger partial charge in [0.05, 0.1) is 73.8 Å². The molecule has 7 aromatic rings. The first-order valence-corrected chi connectivity index (χ1v) is 42.8. The van der Waals surface area contributed by atoms with Gasteiger partial charge in [0.25, 0.3) is 11.5 Å². The number of hydrogen-bond donors (Lipinski definition) is 0. The Bertz CT molecular complexity index is 4330. The van der Waals surface area contributed by atoms with E-state index >= 15 is 0 Å². The minimum Gasteiger partial charge on any atom is -0.324 e. The standard InChI is InChI=1S/C15H13NO3.C15H14O2.C14H14N2O2.2C14H13NO3.5C3H8.5C2H6/c17-11-5-6-13(14(18)9-11)16-8-7-10-3-1-2-4-12(10)15(16)19;16-11-6-8-14(15(17)9-11)13-7-5-10-3-1-2-4-12(10)13;1-16-12-5-3-2-4-10(12)14(15-16)11-7-6-9(17)8-13(11)18;16-10-5-6-12(13(17)7-10)15-8-9-3-1-2-4-11(9)14(15)18;16-10-5-6-12(13(17)8-10)15-11-4-2-1-3-9(11)7-14(15)18;5*1-3-2;5*1-2/h1-4,7-8,13H,5-6,9H2;1-4,7,14H,5-6,8-9H2;2-5,11H,6-8H2,1H3;2*1-4,12H,5-8H2;5*3H2,1-2H3;5*1-2H3. The number of pyridine rings is 1. The molecule has 18 nitrogen and oxygen atoms in total. The number of allylic oxidation sites excluding steroid dienone is 2. The Hall–Kier alpha value is -9.84. The molecule has 2 amide bonds. The Morgan fingerprint density at radius 3 is 1.25 bits per heavy atom. The molecule has 18 heteroatoms. The number of amides is 2. The van der Waals surface area contributed by atoms with Crippen molar-refractivity contribution in [3.8, 4) is 0 Å². The smallest absolute Gasteiger partial charge is 0.259 e. The number of fused-ring (bicyclic) bond motifs is 5. The van der Waals surface area contributed by atoms with E-state index < -0.39 is 18.1 Å². The first-order valence-electron chi connectivity index (χ1n) is 42.8. The number of Topliss-reactive ketones (excluding diaryl/α,β-unsaturated/α-hetero) is 10. The van der Waals surface area contributed by atoms with Crippen molar-refractivity contribution in [3.05, 3.63) is 184 Å². The maximum atomic E-state index is 12.4. The van der Waals surface area contributed by atoms with Crippen LogP contribution in [0.1, 0.15) is 317 Å².